The normalized spacial score (nSPS) is 18.9. The molecule has 4 rings (SSSR count). The maximum atomic E-state index is 14.3. The molecule has 2 heterocycles. The van der Waals surface area contributed by atoms with E-state index >= 15 is 0 Å². The number of carboxylic acid groups (broad SMARTS) is 1. The van der Waals surface area contributed by atoms with Crippen molar-refractivity contribution in [3.8, 4) is 5.69 Å². The van der Waals surface area contributed by atoms with Crippen molar-refractivity contribution in [3.63, 3.8) is 0 Å². The average Bonchev–Trinajstić information content (AvgIpc) is 3.29. The van der Waals surface area contributed by atoms with E-state index in [0.29, 0.717) is 30.9 Å². The molecule has 1 fully saturated rings. The molecule has 6 nitrogen and oxygen atoms in total. The zero-order valence-electron chi connectivity index (χ0n) is 15.7. The summed E-state index contributed by atoms with van der Waals surface area (Å²) in [6.07, 6.45) is 5.02. The third kappa shape index (κ3) is 3.53. The van der Waals surface area contributed by atoms with Gasteiger partial charge in [-0.15, -0.1) is 0 Å². The zero-order chi connectivity index (χ0) is 19.7. The lowest BCUT2D eigenvalue weighted by molar-refractivity contribution is -0.137. The minimum Gasteiger partial charge on any atom is -0.481 e. The minimum atomic E-state index is -0.801. The number of halogens is 1. The number of aromatic nitrogens is 2. The van der Waals surface area contributed by atoms with Crippen LogP contribution in [0.5, 0.6) is 0 Å². The van der Waals surface area contributed by atoms with Crippen LogP contribution < -0.4 is 0 Å². The fourth-order valence-electron chi connectivity index (χ4n) is 4.39. The van der Waals surface area contributed by atoms with Gasteiger partial charge in [0.05, 0.1) is 0 Å². The van der Waals surface area contributed by atoms with Crippen LogP contribution >= 0.6 is 0 Å². The number of rotatable bonds is 5. The molecule has 1 unspecified atom stereocenters. The van der Waals surface area contributed by atoms with Gasteiger partial charge in [-0.25, -0.2) is 9.07 Å². The molecule has 1 aliphatic carbocycles. The van der Waals surface area contributed by atoms with Crippen molar-refractivity contribution in [1.82, 2.24) is 14.7 Å². The highest BCUT2D eigenvalue weighted by Gasteiger charge is 2.32. The van der Waals surface area contributed by atoms with Crippen molar-refractivity contribution in [3.05, 3.63) is 47.0 Å². The number of piperidine rings is 1. The minimum absolute atomic E-state index is 0.117. The van der Waals surface area contributed by atoms with E-state index in [1.54, 1.807) is 27.8 Å². The van der Waals surface area contributed by atoms with E-state index in [0.717, 1.165) is 43.4 Å². The summed E-state index contributed by atoms with van der Waals surface area (Å²) in [6.45, 7) is 1.22. The second-order valence-electron chi connectivity index (χ2n) is 7.68. The smallest absolute Gasteiger partial charge is 0.303 e. The SMILES string of the molecule is O=C(O)CCC1CCCN(C(=O)c2nn(-c3ccccc3F)c3c2CCC3)C1. The molecule has 28 heavy (non-hydrogen) atoms. The number of amides is 1. The number of carbonyl (C=O) groups is 2. The van der Waals surface area contributed by atoms with Gasteiger partial charge in [0.2, 0.25) is 0 Å². The van der Waals surface area contributed by atoms with E-state index in [1.165, 1.54) is 6.07 Å². The first-order chi connectivity index (χ1) is 13.5. The number of hydrogen-bond donors (Lipinski definition) is 1. The van der Waals surface area contributed by atoms with Gasteiger partial charge >= 0.3 is 5.97 Å². The molecule has 0 saturated carbocycles. The fourth-order valence-corrected chi connectivity index (χ4v) is 4.39. The Balaban J connectivity index is 1.59. The maximum absolute atomic E-state index is 14.3. The van der Waals surface area contributed by atoms with E-state index in [1.807, 2.05) is 0 Å². The van der Waals surface area contributed by atoms with Crippen molar-refractivity contribution in [2.24, 2.45) is 5.92 Å². The molecule has 0 bridgehead atoms. The van der Waals surface area contributed by atoms with Crippen LogP contribution in [0.2, 0.25) is 0 Å². The van der Waals surface area contributed by atoms with E-state index < -0.39 is 5.97 Å². The first-order valence-electron chi connectivity index (χ1n) is 9.91. The Labute approximate surface area is 163 Å². The van der Waals surface area contributed by atoms with Crippen molar-refractivity contribution in [2.75, 3.05) is 13.1 Å². The maximum Gasteiger partial charge on any atom is 0.303 e. The number of hydrogen-bond acceptors (Lipinski definition) is 3. The quantitative estimate of drug-likeness (QED) is 0.858. The van der Waals surface area contributed by atoms with Crippen molar-refractivity contribution in [1.29, 1.82) is 0 Å². The van der Waals surface area contributed by atoms with E-state index in [-0.39, 0.29) is 24.1 Å². The first-order valence-corrected chi connectivity index (χ1v) is 9.91. The number of benzene rings is 1. The molecule has 1 atom stereocenters. The molecular formula is C21H24FN3O3. The summed E-state index contributed by atoms with van der Waals surface area (Å²) in [6, 6.07) is 6.48. The summed E-state index contributed by atoms with van der Waals surface area (Å²) in [5.74, 6) is -1.07. The number of nitrogens with zero attached hydrogens (tertiary/aromatic N) is 3. The van der Waals surface area contributed by atoms with Gasteiger partial charge in [-0.3, -0.25) is 9.59 Å². The monoisotopic (exact) mass is 385 g/mol. The van der Waals surface area contributed by atoms with Gasteiger partial charge in [-0.1, -0.05) is 12.1 Å². The first kappa shape index (κ1) is 18.7. The van der Waals surface area contributed by atoms with Crippen molar-refractivity contribution in [2.45, 2.75) is 44.9 Å². The Morgan fingerprint density at radius 2 is 2.04 bits per heavy atom. The van der Waals surface area contributed by atoms with Crippen LogP contribution in [-0.4, -0.2) is 44.8 Å². The van der Waals surface area contributed by atoms with Gasteiger partial charge in [0.25, 0.3) is 5.91 Å². The Bertz CT molecular complexity index is 908. The molecule has 7 heteroatoms. The van der Waals surface area contributed by atoms with Gasteiger partial charge in [0.1, 0.15) is 11.5 Å². The summed E-state index contributed by atoms with van der Waals surface area (Å²) in [7, 11) is 0. The Morgan fingerprint density at radius 3 is 2.82 bits per heavy atom. The second-order valence-corrected chi connectivity index (χ2v) is 7.68. The van der Waals surface area contributed by atoms with E-state index in [4.69, 9.17) is 5.11 Å². The van der Waals surface area contributed by atoms with E-state index in [9.17, 15) is 14.0 Å². The molecule has 2 aromatic rings. The fraction of sp³-hybridized carbons (Fsp3) is 0.476. The number of fused-ring (bicyclic) bond motifs is 1. The Morgan fingerprint density at radius 1 is 1.21 bits per heavy atom. The average molecular weight is 385 g/mol. The lowest BCUT2D eigenvalue weighted by Crippen LogP contribution is -2.40. The van der Waals surface area contributed by atoms with Gasteiger partial charge in [-0.2, -0.15) is 5.10 Å². The van der Waals surface area contributed by atoms with Crippen LogP contribution in [-0.2, 0) is 17.6 Å². The van der Waals surface area contributed by atoms with Crippen LogP contribution in [0.3, 0.4) is 0 Å². The van der Waals surface area contributed by atoms with Crippen LogP contribution in [0.1, 0.15) is 53.8 Å². The lowest BCUT2D eigenvalue weighted by atomic mass is 9.93. The third-order valence-corrected chi connectivity index (χ3v) is 5.79. The molecule has 1 aromatic carbocycles. The van der Waals surface area contributed by atoms with Gasteiger partial charge in [0, 0.05) is 30.8 Å². The molecule has 1 amide bonds. The Kier molecular flexibility index (Phi) is 5.15. The number of carboxylic acids is 1. The van der Waals surface area contributed by atoms with Crippen molar-refractivity contribution >= 4 is 11.9 Å². The summed E-state index contributed by atoms with van der Waals surface area (Å²) in [5.41, 5.74) is 2.65. The van der Waals surface area contributed by atoms with Gasteiger partial charge in [0.15, 0.2) is 5.69 Å². The van der Waals surface area contributed by atoms with Crippen LogP contribution in [0.25, 0.3) is 5.69 Å². The van der Waals surface area contributed by atoms with Crippen LogP contribution in [0.4, 0.5) is 4.39 Å². The molecule has 148 valence electrons. The lowest BCUT2D eigenvalue weighted by Gasteiger charge is -2.32. The van der Waals surface area contributed by atoms with Crippen LogP contribution in [0.15, 0.2) is 24.3 Å². The molecule has 1 aromatic heterocycles. The second kappa shape index (κ2) is 7.73. The summed E-state index contributed by atoms with van der Waals surface area (Å²) in [4.78, 5) is 25.9. The van der Waals surface area contributed by atoms with Gasteiger partial charge < -0.3 is 10.0 Å². The summed E-state index contributed by atoms with van der Waals surface area (Å²) >= 11 is 0. The largest absolute Gasteiger partial charge is 0.481 e. The Hall–Kier alpha value is -2.70. The molecule has 1 N–H and O–H groups in total. The number of aliphatic carboxylic acids is 1. The standard InChI is InChI=1S/C21H24FN3O3/c22-16-7-1-2-8-18(16)25-17-9-3-6-15(17)20(23-25)21(28)24-12-4-5-14(13-24)10-11-19(26)27/h1-2,7-8,14H,3-6,9-13H2,(H,26,27). The molecule has 1 aliphatic heterocycles. The zero-order valence-corrected chi connectivity index (χ0v) is 15.7. The molecule has 0 radical (unpaired) electrons. The predicted octanol–water partition coefficient (Wildman–Crippen LogP) is 3.22. The predicted molar refractivity (Wildman–Crippen MR) is 101 cm³/mol. The third-order valence-electron chi connectivity index (χ3n) is 5.79. The highest BCUT2D eigenvalue weighted by molar-refractivity contribution is 5.94. The summed E-state index contributed by atoms with van der Waals surface area (Å²) in [5, 5.41) is 13.4. The highest BCUT2D eigenvalue weighted by atomic mass is 19.1. The molecule has 0 spiro atoms. The number of likely N-dealkylation sites (tertiary alicyclic amines) is 1. The van der Waals surface area contributed by atoms with E-state index in [2.05, 4.69) is 5.10 Å². The number of carbonyl (C=O) groups excluding carboxylic acids is 1. The molecular weight excluding hydrogens is 361 g/mol. The van der Waals surface area contributed by atoms with Gasteiger partial charge in [-0.05, 0) is 56.6 Å². The number of para-hydroxylation sites is 1. The topological polar surface area (TPSA) is 75.4 Å². The van der Waals surface area contributed by atoms with Crippen LogP contribution in [0, 0.1) is 11.7 Å². The molecule has 2 aliphatic rings. The summed E-state index contributed by atoms with van der Waals surface area (Å²) < 4.78 is 15.9. The molecule has 1 saturated heterocycles. The van der Waals surface area contributed by atoms with Crippen molar-refractivity contribution < 1.29 is 19.1 Å². The highest BCUT2D eigenvalue weighted by Crippen LogP contribution is 2.30.